The van der Waals surface area contributed by atoms with E-state index in [1.54, 1.807) is 29.0 Å². The maximum atomic E-state index is 12.6. The summed E-state index contributed by atoms with van der Waals surface area (Å²) >= 11 is 0. The van der Waals surface area contributed by atoms with Gasteiger partial charge in [-0.25, -0.2) is 9.67 Å². The first-order valence-corrected chi connectivity index (χ1v) is 9.00. The van der Waals surface area contributed by atoms with Gasteiger partial charge in [-0.05, 0) is 42.8 Å². The predicted molar refractivity (Wildman–Crippen MR) is 108 cm³/mol. The zero-order valence-electron chi connectivity index (χ0n) is 15.7. The van der Waals surface area contributed by atoms with Crippen molar-refractivity contribution in [2.45, 2.75) is 13.0 Å². The smallest absolute Gasteiger partial charge is 0.246 e. The third kappa shape index (κ3) is 3.57. The lowest BCUT2D eigenvalue weighted by atomic mass is 10.1. The number of para-hydroxylation sites is 1. The molecule has 1 amide bonds. The Bertz CT molecular complexity index is 1080. The Morgan fingerprint density at radius 2 is 1.96 bits per heavy atom. The number of furan rings is 1. The highest BCUT2D eigenvalue weighted by Gasteiger charge is 2.15. The molecule has 2 aromatic heterocycles. The van der Waals surface area contributed by atoms with Gasteiger partial charge in [0.25, 0.3) is 0 Å². The minimum Gasteiger partial charge on any atom is -0.457 e. The number of fused-ring (bicyclic) bond motifs is 1. The van der Waals surface area contributed by atoms with E-state index >= 15 is 0 Å². The maximum Gasteiger partial charge on any atom is 0.246 e. The second-order valence-corrected chi connectivity index (χ2v) is 6.58. The topological polar surface area (TPSA) is 64.2 Å². The third-order valence-corrected chi connectivity index (χ3v) is 4.82. The zero-order chi connectivity index (χ0) is 19.5. The minimum atomic E-state index is -0.0895. The highest BCUT2D eigenvalue weighted by atomic mass is 16.3. The molecular formula is C22H20N4O2. The number of aromatic nitrogens is 3. The minimum absolute atomic E-state index is 0.0716. The van der Waals surface area contributed by atoms with Gasteiger partial charge in [0.05, 0.1) is 11.7 Å². The van der Waals surface area contributed by atoms with Gasteiger partial charge in [-0.3, -0.25) is 4.79 Å². The van der Waals surface area contributed by atoms with Crippen molar-refractivity contribution in [3.63, 3.8) is 0 Å². The Labute approximate surface area is 162 Å². The van der Waals surface area contributed by atoms with Crippen LogP contribution < -0.4 is 0 Å². The molecule has 0 aliphatic heterocycles. The summed E-state index contributed by atoms with van der Waals surface area (Å²) in [6.07, 6.45) is 6.39. The largest absolute Gasteiger partial charge is 0.457 e. The second kappa shape index (κ2) is 7.52. The van der Waals surface area contributed by atoms with Crippen LogP contribution in [-0.4, -0.2) is 32.6 Å². The molecule has 0 saturated heterocycles. The van der Waals surface area contributed by atoms with Gasteiger partial charge in [-0.1, -0.05) is 30.3 Å². The van der Waals surface area contributed by atoms with E-state index in [0.29, 0.717) is 5.76 Å². The van der Waals surface area contributed by atoms with Crippen molar-refractivity contribution in [1.82, 2.24) is 19.7 Å². The number of hydrogen-bond acceptors (Lipinski definition) is 4. The van der Waals surface area contributed by atoms with Crippen molar-refractivity contribution in [3.05, 3.63) is 84.7 Å². The van der Waals surface area contributed by atoms with Crippen LogP contribution in [0.5, 0.6) is 0 Å². The van der Waals surface area contributed by atoms with Crippen molar-refractivity contribution in [3.8, 4) is 5.69 Å². The van der Waals surface area contributed by atoms with Gasteiger partial charge in [0.2, 0.25) is 5.91 Å². The molecule has 1 unspecified atom stereocenters. The summed E-state index contributed by atoms with van der Waals surface area (Å²) in [6, 6.07) is 17.5. The van der Waals surface area contributed by atoms with Gasteiger partial charge in [0.1, 0.15) is 24.0 Å². The van der Waals surface area contributed by atoms with Crippen LogP contribution in [0.3, 0.4) is 0 Å². The lowest BCUT2D eigenvalue weighted by Gasteiger charge is -2.24. The Kier molecular flexibility index (Phi) is 4.76. The fraction of sp³-hybridized carbons (Fsp3) is 0.136. The first kappa shape index (κ1) is 17.7. The molecule has 2 aromatic carbocycles. The molecule has 0 bridgehead atoms. The molecule has 0 N–H and O–H groups in total. The van der Waals surface area contributed by atoms with Crippen molar-refractivity contribution >= 4 is 23.0 Å². The molecule has 4 rings (SSSR count). The van der Waals surface area contributed by atoms with Gasteiger partial charge in [0, 0.05) is 18.5 Å². The summed E-state index contributed by atoms with van der Waals surface area (Å²) in [5.74, 6) is 0.570. The molecule has 2 heterocycles. The number of rotatable bonds is 5. The summed E-state index contributed by atoms with van der Waals surface area (Å²) in [6.45, 7) is 2.00. The lowest BCUT2D eigenvalue weighted by molar-refractivity contribution is -0.126. The maximum absolute atomic E-state index is 12.6. The molecule has 28 heavy (non-hydrogen) atoms. The van der Waals surface area contributed by atoms with Crippen LogP contribution in [0, 0.1) is 0 Å². The van der Waals surface area contributed by atoms with Crippen molar-refractivity contribution in [2.75, 3.05) is 7.05 Å². The summed E-state index contributed by atoms with van der Waals surface area (Å²) in [4.78, 5) is 18.2. The molecule has 6 heteroatoms. The molecule has 4 aromatic rings. The molecule has 0 spiro atoms. The van der Waals surface area contributed by atoms with Crippen molar-refractivity contribution < 1.29 is 9.21 Å². The highest BCUT2D eigenvalue weighted by Crippen LogP contribution is 2.22. The number of hydrogen-bond donors (Lipinski definition) is 0. The Balaban J connectivity index is 1.45. The van der Waals surface area contributed by atoms with Gasteiger partial charge in [-0.2, -0.15) is 5.10 Å². The van der Waals surface area contributed by atoms with E-state index in [0.717, 1.165) is 22.2 Å². The van der Waals surface area contributed by atoms with Crippen LogP contribution >= 0.6 is 0 Å². The zero-order valence-corrected chi connectivity index (χ0v) is 15.7. The number of likely N-dealkylation sites (N-methyl/N-ethyl adjacent to an activating group) is 1. The number of nitrogens with zero attached hydrogens (tertiary/aromatic N) is 4. The summed E-state index contributed by atoms with van der Waals surface area (Å²) in [5, 5.41) is 5.13. The molecule has 0 aliphatic rings. The average molecular weight is 372 g/mol. The monoisotopic (exact) mass is 372 g/mol. The van der Waals surface area contributed by atoms with Crippen LogP contribution in [0.25, 0.3) is 22.7 Å². The van der Waals surface area contributed by atoms with E-state index in [-0.39, 0.29) is 11.9 Å². The molecule has 6 nitrogen and oxygen atoms in total. The second-order valence-electron chi connectivity index (χ2n) is 6.58. The molecule has 0 aliphatic carbocycles. The number of carbonyl (C=O) groups is 1. The summed E-state index contributed by atoms with van der Waals surface area (Å²) < 4.78 is 7.41. The van der Waals surface area contributed by atoms with Crippen LogP contribution in [0.15, 0.2) is 77.7 Å². The number of amides is 1. The average Bonchev–Trinajstić information content (AvgIpc) is 3.40. The molecular weight excluding hydrogens is 352 g/mol. The number of carbonyl (C=O) groups excluding carboxylic acids is 1. The Morgan fingerprint density at radius 1 is 1.18 bits per heavy atom. The molecule has 0 saturated carbocycles. The third-order valence-electron chi connectivity index (χ3n) is 4.82. The SMILES string of the molecule is CC(c1ccc(-n2cncn2)cc1)N(C)C(=O)/C=C/c1cc2ccccc2o1. The first-order chi connectivity index (χ1) is 13.6. The van der Waals surface area contributed by atoms with E-state index in [2.05, 4.69) is 10.1 Å². The van der Waals surface area contributed by atoms with Crippen molar-refractivity contribution in [2.24, 2.45) is 0 Å². The van der Waals surface area contributed by atoms with Gasteiger partial charge < -0.3 is 9.32 Å². The summed E-state index contributed by atoms with van der Waals surface area (Å²) in [5.41, 5.74) is 2.77. The van der Waals surface area contributed by atoms with Gasteiger partial charge >= 0.3 is 0 Å². The predicted octanol–water partition coefficient (Wildman–Crippen LogP) is 4.25. The van der Waals surface area contributed by atoms with Crippen LogP contribution in [0.2, 0.25) is 0 Å². The van der Waals surface area contributed by atoms with Crippen molar-refractivity contribution in [1.29, 1.82) is 0 Å². The van der Waals surface area contributed by atoms with Crippen LogP contribution in [-0.2, 0) is 4.79 Å². The van der Waals surface area contributed by atoms with Gasteiger partial charge in [-0.15, -0.1) is 0 Å². The highest BCUT2D eigenvalue weighted by molar-refractivity contribution is 5.92. The fourth-order valence-corrected chi connectivity index (χ4v) is 3.02. The van der Waals surface area contributed by atoms with E-state index in [1.807, 2.05) is 61.5 Å². The number of benzene rings is 2. The lowest BCUT2D eigenvalue weighted by Crippen LogP contribution is -2.27. The van der Waals surface area contributed by atoms with E-state index in [9.17, 15) is 4.79 Å². The fourth-order valence-electron chi connectivity index (χ4n) is 3.02. The first-order valence-electron chi connectivity index (χ1n) is 9.00. The summed E-state index contributed by atoms with van der Waals surface area (Å²) in [7, 11) is 1.79. The molecule has 140 valence electrons. The van der Waals surface area contributed by atoms with E-state index in [4.69, 9.17) is 4.42 Å². The molecule has 0 fully saturated rings. The normalized spacial score (nSPS) is 12.5. The quantitative estimate of drug-likeness (QED) is 0.491. The van der Waals surface area contributed by atoms with Crippen LogP contribution in [0.1, 0.15) is 24.3 Å². The molecule has 1 atom stereocenters. The Hall–Kier alpha value is -3.67. The van der Waals surface area contributed by atoms with E-state index in [1.165, 1.54) is 12.4 Å². The van der Waals surface area contributed by atoms with Gasteiger partial charge in [0.15, 0.2) is 0 Å². The van der Waals surface area contributed by atoms with Crippen LogP contribution in [0.4, 0.5) is 0 Å². The molecule has 0 radical (unpaired) electrons. The standard InChI is InChI=1S/C22H20N4O2/c1-16(17-7-9-19(10-8-17)26-15-23-14-24-26)25(2)22(27)12-11-20-13-18-5-3-4-6-21(18)28-20/h3-16H,1-2H3/b12-11+. The Morgan fingerprint density at radius 3 is 2.68 bits per heavy atom. The van der Waals surface area contributed by atoms with E-state index < -0.39 is 0 Å².